The number of nitrogens with one attached hydrogen (secondary N) is 2. The van der Waals surface area contributed by atoms with Gasteiger partial charge >= 0.3 is 0 Å². The normalized spacial score (nSPS) is 10.9. The standard InChI is InChI=1S/C15H20N4O2/c1-4-19(9-13(20)16-10(2)3)15-17-12-8-6-5-7-11(12)14(21)18-15/h5-8,10H,4,9H2,1-3H3,(H,16,20)(H,17,18,21). The number of hydrogen-bond acceptors (Lipinski definition) is 4. The number of amides is 1. The predicted octanol–water partition coefficient (Wildman–Crippen LogP) is 1.27. The van der Waals surface area contributed by atoms with Crippen LogP contribution in [0.5, 0.6) is 0 Å². The molecule has 21 heavy (non-hydrogen) atoms. The van der Waals surface area contributed by atoms with Crippen LogP contribution in [0.3, 0.4) is 0 Å². The number of anilines is 1. The largest absolute Gasteiger partial charge is 0.352 e. The number of rotatable bonds is 5. The molecule has 0 unspecified atom stereocenters. The molecular formula is C15H20N4O2. The van der Waals surface area contributed by atoms with Crippen molar-refractivity contribution in [3.8, 4) is 0 Å². The zero-order valence-electron chi connectivity index (χ0n) is 12.5. The molecule has 0 fully saturated rings. The highest BCUT2D eigenvalue weighted by atomic mass is 16.2. The summed E-state index contributed by atoms with van der Waals surface area (Å²) >= 11 is 0. The first-order valence-corrected chi connectivity index (χ1v) is 7.04. The number of aromatic nitrogens is 2. The summed E-state index contributed by atoms with van der Waals surface area (Å²) in [5.41, 5.74) is 0.428. The van der Waals surface area contributed by atoms with Crippen LogP contribution in [-0.4, -0.2) is 35.0 Å². The molecule has 1 heterocycles. The van der Waals surface area contributed by atoms with Gasteiger partial charge in [-0.1, -0.05) is 12.1 Å². The molecule has 0 radical (unpaired) electrons. The van der Waals surface area contributed by atoms with Crippen LogP contribution in [0.2, 0.25) is 0 Å². The molecule has 2 rings (SSSR count). The van der Waals surface area contributed by atoms with E-state index >= 15 is 0 Å². The Bertz CT molecular complexity index is 693. The molecule has 1 aromatic carbocycles. The Morgan fingerprint density at radius 3 is 2.76 bits per heavy atom. The van der Waals surface area contributed by atoms with E-state index in [1.165, 1.54) is 0 Å². The fourth-order valence-electron chi connectivity index (χ4n) is 2.10. The monoisotopic (exact) mass is 288 g/mol. The van der Waals surface area contributed by atoms with Gasteiger partial charge in [0, 0.05) is 12.6 Å². The molecule has 0 atom stereocenters. The van der Waals surface area contributed by atoms with E-state index < -0.39 is 0 Å². The van der Waals surface area contributed by atoms with Crippen molar-refractivity contribution in [3.05, 3.63) is 34.6 Å². The fraction of sp³-hybridized carbons (Fsp3) is 0.400. The third-order valence-corrected chi connectivity index (χ3v) is 3.07. The Hall–Kier alpha value is -2.37. The highest BCUT2D eigenvalue weighted by Crippen LogP contribution is 2.11. The summed E-state index contributed by atoms with van der Waals surface area (Å²) in [6, 6.07) is 7.23. The third kappa shape index (κ3) is 3.59. The van der Waals surface area contributed by atoms with Crippen molar-refractivity contribution in [1.82, 2.24) is 15.3 Å². The number of carbonyl (C=O) groups excluding carboxylic acids is 1. The van der Waals surface area contributed by atoms with Gasteiger partial charge in [0.25, 0.3) is 5.56 Å². The Kier molecular flexibility index (Phi) is 4.57. The molecule has 0 aliphatic carbocycles. The van der Waals surface area contributed by atoms with Crippen LogP contribution in [0.15, 0.2) is 29.1 Å². The van der Waals surface area contributed by atoms with Gasteiger partial charge in [0.2, 0.25) is 11.9 Å². The zero-order valence-corrected chi connectivity index (χ0v) is 12.5. The molecule has 0 aliphatic heterocycles. The average Bonchev–Trinajstić information content (AvgIpc) is 2.44. The lowest BCUT2D eigenvalue weighted by Crippen LogP contribution is -2.41. The number of H-pyrrole nitrogens is 1. The Morgan fingerprint density at radius 1 is 1.38 bits per heavy atom. The first-order valence-electron chi connectivity index (χ1n) is 7.04. The average molecular weight is 288 g/mol. The molecule has 1 aromatic heterocycles. The minimum atomic E-state index is -0.196. The molecule has 0 spiro atoms. The SMILES string of the molecule is CCN(CC(=O)NC(C)C)c1nc2ccccc2c(=O)[nH]1. The Balaban J connectivity index is 2.30. The highest BCUT2D eigenvalue weighted by molar-refractivity contribution is 5.82. The summed E-state index contributed by atoms with van der Waals surface area (Å²) in [4.78, 5) is 32.8. The molecule has 0 aliphatic rings. The minimum Gasteiger partial charge on any atom is -0.352 e. The van der Waals surface area contributed by atoms with E-state index in [1.54, 1.807) is 23.1 Å². The van der Waals surface area contributed by atoms with E-state index in [1.807, 2.05) is 26.8 Å². The van der Waals surface area contributed by atoms with Gasteiger partial charge in [-0.3, -0.25) is 14.6 Å². The van der Waals surface area contributed by atoms with Gasteiger partial charge in [-0.15, -0.1) is 0 Å². The first-order chi connectivity index (χ1) is 10.0. The van der Waals surface area contributed by atoms with Gasteiger partial charge in [-0.25, -0.2) is 4.98 Å². The van der Waals surface area contributed by atoms with E-state index in [0.29, 0.717) is 23.4 Å². The van der Waals surface area contributed by atoms with Crippen LogP contribution < -0.4 is 15.8 Å². The van der Waals surface area contributed by atoms with Crippen LogP contribution in [0, 0.1) is 0 Å². The quantitative estimate of drug-likeness (QED) is 0.868. The molecule has 2 N–H and O–H groups in total. The fourth-order valence-corrected chi connectivity index (χ4v) is 2.10. The number of likely N-dealkylation sites (N-methyl/N-ethyl adjacent to an activating group) is 1. The van der Waals surface area contributed by atoms with Crippen molar-refractivity contribution in [2.75, 3.05) is 18.0 Å². The molecule has 6 heteroatoms. The number of para-hydroxylation sites is 1. The van der Waals surface area contributed by atoms with Crippen LogP contribution >= 0.6 is 0 Å². The van der Waals surface area contributed by atoms with Crippen LogP contribution in [0.1, 0.15) is 20.8 Å². The second kappa shape index (κ2) is 6.39. The van der Waals surface area contributed by atoms with Gasteiger partial charge in [0.05, 0.1) is 17.4 Å². The summed E-state index contributed by atoms with van der Waals surface area (Å²) in [6.07, 6.45) is 0. The minimum absolute atomic E-state index is 0.0832. The maximum absolute atomic E-state index is 12.1. The van der Waals surface area contributed by atoms with Crippen LogP contribution in [0.4, 0.5) is 5.95 Å². The Labute approximate surface area is 123 Å². The lowest BCUT2D eigenvalue weighted by molar-refractivity contribution is -0.120. The maximum Gasteiger partial charge on any atom is 0.260 e. The van der Waals surface area contributed by atoms with E-state index in [0.717, 1.165) is 0 Å². The summed E-state index contributed by atoms with van der Waals surface area (Å²) < 4.78 is 0. The number of carbonyl (C=O) groups is 1. The van der Waals surface area contributed by atoms with Gasteiger partial charge in [0.1, 0.15) is 0 Å². The third-order valence-electron chi connectivity index (χ3n) is 3.07. The van der Waals surface area contributed by atoms with Crippen molar-refractivity contribution >= 4 is 22.8 Å². The van der Waals surface area contributed by atoms with Crippen molar-refractivity contribution in [3.63, 3.8) is 0 Å². The van der Waals surface area contributed by atoms with Crippen LogP contribution in [0.25, 0.3) is 10.9 Å². The molecule has 0 saturated carbocycles. The van der Waals surface area contributed by atoms with E-state index in [-0.39, 0.29) is 24.1 Å². The van der Waals surface area contributed by atoms with E-state index in [4.69, 9.17) is 0 Å². The lowest BCUT2D eigenvalue weighted by atomic mass is 10.2. The molecule has 0 bridgehead atoms. The molecular weight excluding hydrogens is 268 g/mol. The molecule has 112 valence electrons. The van der Waals surface area contributed by atoms with E-state index in [2.05, 4.69) is 15.3 Å². The topological polar surface area (TPSA) is 78.1 Å². The molecule has 6 nitrogen and oxygen atoms in total. The number of hydrogen-bond donors (Lipinski definition) is 2. The van der Waals surface area contributed by atoms with Gasteiger partial charge in [-0.05, 0) is 32.9 Å². The summed E-state index contributed by atoms with van der Waals surface area (Å²) in [6.45, 7) is 6.47. The van der Waals surface area contributed by atoms with Gasteiger partial charge < -0.3 is 10.2 Å². The van der Waals surface area contributed by atoms with Gasteiger partial charge in [-0.2, -0.15) is 0 Å². The smallest absolute Gasteiger partial charge is 0.260 e. The summed E-state index contributed by atoms with van der Waals surface area (Å²) in [5, 5.41) is 3.37. The van der Waals surface area contributed by atoms with Crippen molar-refractivity contribution in [2.24, 2.45) is 0 Å². The second-order valence-corrected chi connectivity index (χ2v) is 5.14. The van der Waals surface area contributed by atoms with Crippen molar-refractivity contribution < 1.29 is 4.79 Å². The lowest BCUT2D eigenvalue weighted by Gasteiger charge is -2.21. The van der Waals surface area contributed by atoms with Gasteiger partial charge in [0.15, 0.2) is 0 Å². The molecule has 1 amide bonds. The maximum atomic E-state index is 12.1. The Morgan fingerprint density at radius 2 is 2.10 bits per heavy atom. The first kappa shape index (κ1) is 15.0. The second-order valence-electron chi connectivity index (χ2n) is 5.14. The van der Waals surface area contributed by atoms with Crippen molar-refractivity contribution in [2.45, 2.75) is 26.8 Å². The summed E-state index contributed by atoms with van der Waals surface area (Å²) in [7, 11) is 0. The van der Waals surface area contributed by atoms with Crippen molar-refractivity contribution in [1.29, 1.82) is 0 Å². The zero-order chi connectivity index (χ0) is 15.4. The molecule has 0 saturated heterocycles. The number of nitrogens with zero attached hydrogens (tertiary/aromatic N) is 2. The van der Waals surface area contributed by atoms with E-state index in [9.17, 15) is 9.59 Å². The predicted molar refractivity (Wildman–Crippen MR) is 83.5 cm³/mol. The molecule has 2 aromatic rings. The number of benzene rings is 1. The number of aromatic amines is 1. The van der Waals surface area contributed by atoms with Crippen LogP contribution in [-0.2, 0) is 4.79 Å². The summed E-state index contributed by atoms with van der Waals surface area (Å²) in [5.74, 6) is 0.322. The number of fused-ring (bicyclic) bond motifs is 1. The highest BCUT2D eigenvalue weighted by Gasteiger charge is 2.14.